The summed E-state index contributed by atoms with van der Waals surface area (Å²) >= 11 is 0. The van der Waals surface area contributed by atoms with Crippen LogP contribution in [0.5, 0.6) is 0 Å². The van der Waals surface area contributed by atoms with Gasteiger partial charge >= 0.3 is 5.97 Å². The van der Waals surface area contributed by atoms with Crippen LogP contribution in [0.2, 0.25) is 0 Å². The smallest absolute Gasteiger partial charge is 0.303 e. The third-order valence-corrected chi connectivity index (χ3v) is 2.59. The Hall–Kier alpha value is -1.84. The molecule has 0 aromatic carbocycles. The Morgan fingerprint density at radius 2 is 2.31 bits per heavy atom. The van der Waals surface area contributed by atoms with Crippen LogP contribution in [0.15, 0.2) is 24.4 Å². The molecule has 0 saturated heterocycles. The molecule has 2 rings (SSSR count). The molecule has 4 nitrogen and oxygen atoms in total. The number of imidazole rings is 1. The zero-order valence-electron chi connectivity index (χ0n) is 9.18. The van der Waals surface area contributed by atoms with E-state index in [1.54, 1.807) is 0 Å². The molecule has 4 heteroatoms. The first kappa shape index (κ1) is 10.7. The van der Waals surface area contributed by atoms with Crippen LogP contribution in [0.1, 0.15) is 24.9 Å². The molecule has 0 aliphatic heterocycles. The van der Waals surface area contributed by atoms with Crippen molar-refractivity contribution in [3.05, 3.63) is 35.9 Å². The van der Waals surface area contributed by atoms with Crippen molar-refractivity contribution in [1.82, 2.24) is 9.38 Å². The highest BCUT2D eigenvalue weighted by atomic mass is 16.4. The Balaban J connectivity index is 2.41. The molecule has 84 valence electrons. The van der Waals surface area contributed by atoms with Gasteiger partial charge in [-0.25, -0.2) is 4.98 Å². The number of carboxylic acids is 1. The third kappa shape index (κ3) is 1.91. The molecular formula is C12H14N2O2. The van der Waals surface area contributed by atoms with Gasteiger partial charge in [-0.3, -0.25) is 4.79 Å². The van der Waals surface area contributed by atoms with Crippen molar-refractivity contribution < 1.29 is 9.90 Å². The Morgan fingerprint density at radius 3 is 3.00 bits per heavy atom. The average Bonchev–Trinajstić information content (AvgIpc) is 2.65. The lowest BCUT2D eigenvalue weighted by atomic mass is 10.2. The molecule has 1 N–H and O–H groups in total. The SMILES string of the molecule is CCc1nc(CCC(=O)O)c2ccccn12. The number of rotatable bonds is 4. The van der Waals surface area contributed by atoms with Crippen molar-refractivity contribution in [1.29, 1.82) is 0 Å². The molecule has 0 spiro atoms. The van der Waals surface area contributed by atoms with Crippen LogP contribution < -0.4 is 0 Å². The fourth-order valence-electron chi connectivity index (χ4n) is 1.83. The van der Waals surface area contributed by atoms with Gasteiger partial charge in [-0.2, -0.15) is 0 Å². The molecule has 2 heterocycles. The highest BCUT2D eigenvalue weighted by Gasteiger charge is 2.10. The fourth-order valence-corrected chi connectivity index (χ4v) is 1.83. The van der Waals surface area contributed by atoms with Crippen LogP contribution in [0.25, 0.3) is 5.52 Å². The number of aromatic nitrogens is 2. The van der Waals surface area contributed by atoms with Crippen molar-refractivity contribution in [2.75, 3.05) is 0 Å². The zero-order chi connectivity index (χ0) is 11.5. The molecule has 0 fully saturated rings. The number of fused-ring (bicyclic) bond motifs is 1. The molecule has 0 aliphatic rings. The second-order valence-electron chi connectivity index (χ2n) is 3.68. The number of pyridine rings is 1. The number of hydrogen-bond donors (Lipinski definition) is 1. The van der Waals surface area contributed by atoms with E-state index >= 15 is 0 Å². The summed E-state index contributed by atoms with van der Waals surface area (Å²) in [6, 6.07) is 5.87. The van der Waals surface area contributed by atoms with E-state index in [-0.39, 0.29) is 6.42 Å². The minimum Gasteiger partial charge on any atom is -0.481 e. The van der Waals surface area contributed by atoms with Gasteiger partial charge in [-0.05, 0) is 12.1 Å². The third-order valence-electron chi connectivity index (χ3n) is 2.59. The van der Waals surface area contributed by atoms with Gasteiger partial charge in [-0.1, -0.05) is 13.0 Å². The molecule has 0 bridgehead atoms. The monoisotopic (exact) mass is 218 g/mol. The second-order valence-corrected chi connectivity index (χ2v) is 3.68. The Kier molecular flexibility index (Phi) is 2.90. The van der Waals surface area contributed by atoms with Gasteiger partial charge in [0.05, 0.1) is 17.6 Å². The minimum atomic E-state index is -0.782. The van der Waals surface area contributed by atoms with Crippen LogP contribution in [-0.4, -0.2) is 20.5 Å². The van der Waals surface area contributed by atoms with Crippen molar-refractivity contribution in [3.63, 3.8) is 0 Å². The molecule has 0 radical (unpaired) electrons. The summed E-state index contributed by atoms with van der Waals surface area (Å²) in [5.41, 5.74) is 1.89. The van der Waals surface area contributed by atoms with E-state index < -0.39 is 5.97 Å². The molecule has 0 amide bonds. The fraction of sp³-hybridized carbons (Fsp3) is 0.333. The summed E-state index contributed by atoms with van der Waals surface area (Å²) in [6.45, 7) is 2.04. The van der Waals surface area contributed by atoms with Crippen LogP contribution >= 0.6 is 0 Å². The molecular weight excluding hydrogens is 204 g/mol. The van der Waals surface area contributed by atoms with Crippen LogP contribution in [0, 0.1) is 0 Å². The topological polar surface area (TPSA) is 54.6 Å². The van der Waals surface area contributed by atoms with E-state index in [9.17, 15) is 4.79 Å². The molecule has 0 unspecified atom stereocenters. The Labute approximate surface area is 93.5 Å². The van der Waals surface area contributed by atoms with Gasteiger partial charge in [0.2, 0.25) is 0 Å². The molecule has 0 saturated carbocycles. The number of aryl methyl sites for hydroxylation is 2. The average molecular weight is 218 g/mol. The normalized spacial score (nSPS) is 10.8. The van der Waals surface area contributed by atoms with Gasteiger partial charge in [0, 0.05) is 19.0 Å². The lowest BCUT2D eigenvalue weighted by molar-refractivity contribution is -0.136. The predicted molar refractivity (Wildman–Crippen MR) is 60.5 cm³/mol. The highest BCUT2D eigenvalue weighted by molar-refractivity contribution is 5.67. The summed E-state index contributed by atoms with van der Waals surface area (Å²) in [5.74, 6) is 0.200. The van der Waals surface area contributed by atoms with Crippen molar-refractivity contribution in [2.24, 2.45) is 0 Å². The standard InChI is InChI=1S/C12H14N2O2/c1-2-11-13-9(6-7-12(15)16)10-5-3-4-8-14(10)11/h3-5,8H,2,6-7H2,1H3,(H,15,16). The lowest BCUT2D eigenvalue weighted by Gasteiger charge is -1.96. The first-order valence-electron chi connectivity index (χ1n) is 5.39. The van der Waals surface area contributed by atoms with Gasteiger partial charge in [-0.15, -0.1) is 0 Å². The Morgan fingerprint density at radius 1 is 1.50 bits per heavy atom. The molecule has 2 aromatic heterocycles. The Bertz CT molecular complexity index is 517. The van der Waals surface area contributed by atoms with E-state index in [4.69, 9.17) is 5.11 Å². The summed E-state index contributed by atoms with van der Waals surface area (Å²) in [4.78, 5) is 15.0. The van der Waals surface area contributed by atoms with Crippen LogP contribution in [-0.2, 0) is 17.6 Å². The molecule has 0 aliphatic carbocycles. The van der Waals surface area contributed by atoms with Crippen molar-refractivity contribution in [3.8, 4) is 0 Å². The summed E-state index contributed by atoms with van der Waals surface area (Å²) in [7, 11) is 0. The predicted octanol–water partition coefficient (Wildman–Crippen LogP) is 1.91. The van der Waals surface area contributed by atoms with Crippen LogP contribution in [0.3, 0.4) is 0 Å². The summed E-state index contributed by atoms with van der Waals surface area (Å²) < 4.78 is 2.02. The summed E-state index contributed by atoms with van der Waals surface area (Å²) in [5, 5.41) is 8.68. The number of carboxylic acid groups (broad SMARTS) is 1. The second kappa shape index (κ2) is 4.35. The van der Waals surface area contributed by atoms with Crippen molar-refractivity contribution >= 4 is 11.5 Å². The van der Waals surface area contributed by atoms with E-state index in [0.717, 1.165) is 23.5 Å². The maximum atomic E-state index is 10.6. The number of nitrogens with zero attached hydrogens (tertiary/aromatic N) is 2. The molecule has 2 aromatic rings. The quantitative estimate of drug-likeness (QED) is 0.852. The molecule has 0 atom stereocenters. The number of aliphatic carboxylic acids is 1. The van der Waals surface area contributed by atoms with Crippen LogP contribution in [0.4, 0.5) is 0 Å². The van der Waals surface area contributed by atoms with Gasteiger partial charge in [0.25, 0.3) is 0 Å². The zero-order valence-corrected chi connectivity index (χ0v) is 9.18. The van der Waals surface area contributed by atoms with E-state index in [0.29, 0.717) is 6.42 Å². The number of carbonyl (C=O) groups is 1. The number of hydrogen-bond acceptors (Lipinski definition) is 2. The largest absolute Gasteiger partial charge is 0.481 e. The maximum Gasteiger partial charge on any atom is 0.303 e. The first-order valence-corrected chi connectivity index (χ1v) is 5.39. The van der Waals surface area contributed by atoms with Gasteiger partial charge in [0.1, 0.15) is 5.82 Å². The first-order chi connectivity index (χ1) is 7.72. The summed E-state index contributed by atoms with van der Waals surface area (Å²) in [6.07, 6.45) is 3.43. The maximum absolute atomic E-state index is 10.6. The minimum absolute atomic E-state index is 0.130. The van der Waals surface area contributed by atoms with E-state index in [1.807, 2.05) is 35.7 Å². The van der Waals surface area contributed by atoms with E-state index in [1.165, 1.54) is 0 Å². The highest BCUT2D eigenvalue weighted by Crippen LogP contribution is 2.15. The van der Waals surface area contributed by atoms with Gasteiger partial charge < -0.3 is 9.51 Å². The lowest BCUT2D eigenvalue weighted by Crippen LogP contribution is -1.98. The van der Waals surface area contributed by atoms with Gasteiger partial charge in [0.15, 0.2) is 0 Å². The molecule has 16 heavy (non-hydrogen) atoms. The van der Waals surface area contributed by atoms with E-state index in [2.05, 4.69) is 4.98 Å². The van der Waals surface area contributed by atoms with Crippen molar-refractivity contribution in [2.45, 2.75) is 26.2 Å².